The molecule has 1 saturated carbocycles. The lowest BCUT2D eigenvalue weighted by Gasteiger charge is -2.19. The Bertz CT molecular complexity index is 356. The van der Waals surface area contributed by atoms with Crippen LogP contribution < -0.4 is 5.32 Å². The summed E-state index contributed by atoms with van der Waals surface area (Å²) >= 11 is 0. The third-order valence-corrected chi connectivity index (χ3v) is 3.73. The Labute approximate surface area is 98.4 Å². The average Bonchev–Trinajstić information content (AvgIpc) is 2.73. The number of hydrogen-bond acceptors (Lipinski definition) is 2. The molecule has 2 rings (SSSR count). The molecule has 1 N–H and O–H groups in total. The summed E-state index contributed by atoms with van der Waals surface area (Å²) in [6.45, 7) is 8.65. The molecule has 0 spiro atoms. The molecule has 0 radical (unpaired) electrons. The van der Waals surface area contributed by atoms with Crippen molar-refractivity contribution in [3.8, 4) is 0 Å². The lowest BCUT2D eigenvalue weighted by molar-refractivity contribution is 0.439. The van der Waals surface area contributed by atoms with E-state index in [9.17, 15) is 0 Å². The standard InChI is InChI=1S/C14H23NO/c1-9-5-6-13(7-9)15-11(3)14-8-10(2)16-12(14)4/h8-9,11,13,15H,5-7H2,1-4H3. The molecule has 1 heterocycles. The molecular weight excluding hydrogens is 198 g/mol. The predicted molar refractivity (Wildman–Crippen MR) is 66.5 cm³/mol. The first kappa shape index (κ1) is 11.7. The van der Waals surface area contributed by atoms with E-state index < -0.39 is 0 Å². The molecule has 1 aromatic rings. The van der Waals surface area contributed by atoms with Gasteiger partial charge in [-0.1, -0.05) is 6.92 Å². The van der Waals surface area contributed by atoms with Crippen molar-refractivity contribution in [3.05, 3.63) is 23.2 Å². The van der Waals surface area contributed by atoms with Crippen LogP contribution in [0.4, 0.5) is 0 Å². The summed E-state index contributed by atoms with van der Waals surface area (Å²) in [6, 6.07) is 3.26. The molecule has 3 unspecified atom stereocenters. The van der Waals surface area contributed by atoms with E-state index in [1.54, 1.807) is 0 Å². The minimum Gasteiger partial charge on any atom is -0.466 e. The monoisotopic (exact) mass is 221 g/mol. The molecule has 1 fully saturated rings. The molecule has 90 valence electrons. The summed E-state index contributed by atoms with van der Waals surface area (Å²) in [5.41, 5.74) is 1.32. The van der Waals surface area contributed by atoms with Gasteiger partial charge < -0.3 is 9.73 Å². The fraction of sp³-hybridized carbons (Fsp3) is 0.714. The first-order chi connectivity index (χ1) is 7.56. The summed E-state index contributed by atoms with van der Waals surface area (Å²) in [4.78, 5) is 0. The zero-order valence-corrected chi connectivity index (χ0v) is 10.8. The number of aryl methyl sites for hydroxylation is 2. The van der Waals surface area contributed by atoms with Crippen LogP contribution in [0.1, 0.15) is 56.2 Å². The fourth-order valence-corrected chi connectivity index (χ4v) is 2.88. The van der Waals surface area contributed by atoms with Crippen LogP contribution in [-0.4, -0.2) is 6.04 Å². The lowest BCUT2D eigenvalue weighted by Crippen LogP contribution is -2.29. The van der Waals surface area contributed by atoms with Crippen molar-refractivity contribution in [1.82, 2.24) is 5.32 Å². The van der Waals surface area contributed by atoms with Crippen molar-refractivity contribution < 1.29 is 4.42 Å². The first-order valence-electron chi connectivity index (χ1n) is 6.39. The zero-order valence-electron chi connectivity index (χ0n) is 10.8. The average molecular weight is 221 g/mol. The first-order valence-corrected chi connectivity index (χ1v) is 6.39. The molecule has 0 saturated heterocycles. The molecule has 0 aliphatic heterocycles. The van der Waals surface area contributed by atoms with Crippen LogP contribution in [0.2, 0.25) is 0 Å². The van der Waals surface area contributed by atoms with Gasteiger partial charge in [0.25, 0.3) is 0 Å². The highest BCUT2D eigenvalue weighted by atomic mass is 16.3. The van der Waals surface area contributed by atoms with E-state index in [1.807, 2.05) is 6.92 Å². The van der Waals surface area contributed by atoms with E-state index in [2.05, 4.69) is 32.2 Å². The van der Waals surface area contributed by atoms with Gasteiger partial charge in [-0.05, 0) is 52.0 Å². The van der Waals surface area contributed by atoms with E-state index >= 15 is 0 Å². The van der Waals surface area contributed by atoms with Crippen LogP contribution in [0, 0.1) is 19.8 Å². The molecule has 0 aromatic carbocycles. The van der Waals surface area contributed by atoms with E-state index in [0.717, 1.165) is 17.4 Å². The van der Waals surface area contributed by atoms with Crippen LogP contribution >= 0.6 is 0 Å². The molecule has 0 amide bonds. The Hall–Kier alpha value is -0.760. The van der Waals surface area contributed by atoms with Crippen LogP contribution in [0.15, 0.2) is 10.5 Å². The number of rotatable bonds is 3. The number of nitrogens with one attached hydrogen (secondary N) is 1. The van der Waals surface area contributed by atoms with Crippen molar-refractivity contribution in [3.63, 3.8) is 0 Å². The van der Waals surface area contributed by atoms with Gasteiger partial charge in [-0.2, -0.15) is 0 Å². The summed E-state index contributed by atoms with van der Waals surface area (Å²) in [6.07, 6.45) is 4.01. The highest BCUT2D eigenvalue weighted by Gasteiger charge is 2.23. The summed E-state index contributed by atoms with van der Waals surface area (Å²) in [5.74, 6) is 2.96. The zero-order chi connectivity index (χ0) is 11.7. The van der Waals surface area contributed by atoms with Crippen LogP contribution in [0.3, 0.4) is 0 Å². The molecule has 0 bridgehead atoms. The van der Waals surface area contributed by atoms with Crippen molar-refractivity contribution in [2.75, 3.05) is 0 Å². The SMILES string of the molecule is Cc1cc(C(C)NC2CCC(C)C2)c(C)o1. The second kappa shape index (κ2) is 4.62. The Morgan fingerprint density at radius 2 is 2.12 bits per heavy atom. The Morgan fingerprint density at radius 1 is 1.38 bits per heavy atom. The van der Waals surface area contributed by atoms with Crippen molar-refractivity contribution >= 4 is 0 Å². The van der Waals surface area contributed by atoms with Gasteiger partial charge in [-0.25, -0.2) is 0 Å². The second-order valence-corrected chi connectivity index (χ2v) is 5.37. The Balaban J connectivity index is 1.97. The van der Waals surface area contributed by atoms with Crippen molar-refractivity contribution in [2.24, 2.45) is 5.92 Å². The second-order valence-electron chi connectivity index (χ2n) is 5.37. The summed E-state index contributed by atoms with van der Waals surface area (Å²) in [5, 5.41) is 3.72. The van der Waals surface area contributed by atoms with Crippen LogP contribution in [0.25, 0.3) is 0 Å². The molecule has 16 heavy (non-hydrogen) atoms. The molecule has 2 nitrogen and oxygen atoms in total. The Morgan fingerprint density at radius 3 is 2.62 bits per heavy atom. The van der Waals surface area contributed by atoms with E-state index in [1.165, 1.54) is 24.8 Å². The van der Waals surface area contributed by atoms with Gasteiger partial charge in [-0.3, -0.25) is 0 Å². The number of hydrogen-bond donors (Lipinski definition) is 1. The normalized spacial score (nSPS) is 27.2. The van der Waals surface area contributed by atoms with Crippen LogP contribution in [-0.2, 0) is 0 Å². The van der Waals surface area contributed by atoms with E-state index in [0.29, 0.717) is 12.1 Å². The highest BCUT2D eigenvalue weighted by molar-refractivity contribution is 5.23. The maximum atomic E-state index is 5.58. The minimum atomic E-state index is 0.410. The van der Waals surface area contributed by atoms with Gasteiger partial charge in [0, 0.05) is 17.6 Å². The highest BCUT2D eigenvalue weighted by Crippen LogP contribution is 2.28. The summed E-state index contributed by atoms with van der Waals surface area (Å²) < 4.78 is 5.58. The van der Waals surface area contributed by atoms with E-state index in [4.69, 9.17) is 4.42 Å². The smallest absolute Gasteiger partial charge is 0.105 e. The maximum Gasteiger partial charge on any atom is 0.105 e. The van der Waals surface area contributed by atoms with E-state index in [-0.39, 0.29) is 0 Å². The topological polar surface area (TPSA) is 25.2 Å². The van der Waals surface area contributed by atoms with Crippen LogP contribution in [0.5, 0.6) is 0 Å². The molecular formula is C14H23NO. The quantitative estimate of drug-likeness (QED) is 0.841. The summed E-state index contributed by atoms with van der Waals surface area (Å²) in [7, 11) is 0. The third-order valence-electron chi connectivity index (χ3n) is 3.73. The van der Waals surface area contributed by atoms with Crippen molar-refractivity contribution in [1.29, 1.82) is 0 Å². The molecule has 2 heteroatoms. The Kier molecular flexibility index (Phi) is 3.38. The van der Waals surface area contributed by atoms with Gasteiger partial charge in [0.2, 0.25) is 0 Å². The third kappa shape index (κ3) is 2.49. The fourth-order valence-electron chi connectivity index (χ4n) is 2.88. The van der Waals surface area contributed by atoms with Gasteiger partial charge in [0.1, 0.15) is 11.5 Å². The van der Waals surface area contributed by atoms with Gasteiger partial charge >= 0.3 is 0 Å². The predicted octanol–water partition coefficient (Wildman–Crippen LogP) is 3.74. The van der Waals surface area contributed by atoms with Crippen molar-refractivity contribution in [2.45, 2.75) is 59.0 Å². The largest absolute Gasteiger partial charge is 0.466 e. The molecule has 1 aromatic heterocycles. The van der Waals surface area contributed by atoms with Gasteiger partial charge in [0.15, 0.2) is 0 Å². The molecule has 1 aliphatic rings. The van der Waals surface area contributed by atoms with Gasteiger partial charge in [0.05, 0.1) is 0 Å². The number of furan rings is 1. The maximum absolute atomic E-state index is 5.58. The molecule has 3 atom stereocenters. The lowest BCUT2D eigenvalue weighted by atomic mass is 10.1. The molecule has 1 aliphatic carbocycles. The van der Waals surface area contributed by atoms with Gasteiger partial charge in [-0.15, -0.1) is 0 Å². The minimum absolute atomic E-state index is 0.410.